The van der Waals surface area contributed by atoms with Crippen LogP contribution in [0.4, 0.5) is 18.9 Å². The van der Waals surface area contributed by atoms with Crippen molar-refractivity contribution >= 4 is 16.6 Å². The van der Waals surface area contributed by atoms with Crippen LogP contribution in [0.2, 0.25) is 0 Å². The lowest BCUT2D eigenvalue weighted by molar-refractivity contribution is -0.140. The van der Waals surface area contributed by atoms with Gasteiger partial charge in [0.1, 0.15) is 17.0 Å². The van der Waals surface area contributed by atoms with Gasteiger partial charge in [0.15, 0.2) is 0 Å². The average Bonchev–Trinajstić information content (AvgIpc) is 2.22. The highest BCUT2D eigenvalue weighted by Gasteiger charge is 2.32. The Labute approximate surface area is 88.3 Å². The van der Waals surface area contributed by atoms with E-state index >= 15 is 0 Å². The van der Waals surface area contributed by atoms with Gasteiger partial charge in [-0.2, -0.15) is 13.2 Å². The number of phenolic OH excluding ortho intramolecular Hbond substituents is 1. The Morgan fingerprint density at radius 2 is 1.81 bits per heavy atom. The Hall–Kier alpha value is -1.98. The van der Waals surface area contributed by atoms with Crippen LogP contribution in [0.5, 0.6) is 5.75 Å². The molecule has 0 fully saturated rings. The summed E-state index contributed by atoms with van der Waals surface area (Å²) in [6, 6.07) is 4.65. The molecule has 1 aromatic heterocycles. The number of benzene rings is 1. The minimum atomic E-state index is -4.54. The zero-order valence-corrected chi connectivity index (χ0v) is 7.92. The lowest BCUT2D eigenvalue weighted by Gasteiger charge is -2.08. The van der Waals surface area contributed by atoms with Crippen molar-refractivity contribution in [1.29, 1.82) is 0 Å². The van der Waals surface area contributed by atoms with Gasteiger partial charge in [0.2, 0.25) is 0 Å². The Morgan fingerprint density at radius 3 is 2.44 bits per heavy atom. The number of aromatic nitrogens is 1. The maximum absolute atomic E-state index is 12.4. The number of nitrogens with zero attached hydrogens (tertiary/aromatic N) is 1. The summed E-state index contributed by atoms with van der Waals surface area (Å²) in [6.07, 6.45) is -4.54. The van der Waals surface area contributed by atoms with E-state index in [1.807, 2.05) is 0 Å². The smallest absolute Gasteiger partial charge is 0.433 e. The summed E-state index contributed by atoms with van der Waals surface area (Å²) >= 11 is 0. The Balaban J connectivity index is 2.76. The molecule has 0 aliphatic rings. The number of aromatic hydroxyl groups is 1. The third-order valence-corrected chi connectivity index (χ3v) is 2.16. The van der Waals surface area contributed by atoms with Crippen LogP contribution in [0.15, 0.2) is 24.3 Å². The van der Waals surface area contributed by atoms with E-state index in [-0.39, 0.29) is 17.0 Å². The molecule has 84 valence electrons. The SMILES string of the molecule is Nc1ccc(O)c2nc(C(F)(F)F)ccc12. The number of pyridine rings is 1. The first kappa shape index (κ1) is 10.5. The molecule has 0 unspecified atom stereocenters. The molecule has 0 radical (unpaired) electrons. The third-order valence-electron chi connectivity index (χ3n) is 2.16. The van der Waals surface area contributed by atoms with Gasteiger partial charge in [0.25, 0.3) is 0 Å². The number of phenols is 1. The molecule has 0 saturated heterocycles. The highest BCUT2D eigenvalue weighted by Crippen LogP contribution is 2.33. The first-order valence-corrected chi connectivity index (χ1v) is 4.35. The second-order valence-electron chi connectivity index (χ2n) is 3.26. The minimum absolute atomic E-state index is 0.144. The van der Waals surface area contributed by atoms with Crippen LogP contribution in [0.25, 0.3) is 10.9 Å². The van der Waals surface area contributed by atoms with Gasteiger partial charge >= 0.3 is 6.18 Å². The number of hydrogen-bond donors (Lipinski definition) is 2. The fraction of sp³-hybridized carbons (Fsp3) is 0.100. The van der Waals surface area contributed by atoms with Gasteiger partial charge in [-0.15, -0.1) is 0 Å². The minimum Gasteiger partial charge on any atom is -0.506 e. The van der Waals surface area contributed by atoms with Gasteiger partial charge in [-0.05, 0) is 24.3 Å². The number of fused-ring (bicyclic) bond motifs is 1. The van der Waals surface area contributed by atoms with E-state index in [4.69, 9.17) is 5.73 Å². The lowest BCUT2D eigenvalue weighted by Crippen LogP contribution is -2.07. The molecule has 2 aromatic rings. The monoisotopic (exact) mass is 228 g/mol. The molecule has 2 rings (SSSR count). The number of nitrogen functional groups attached to an aromatic ring is 1. The summed E-state index contributed by atoms with van der Waals surface area (Å²) in [6.45, 7) is 0. The number of rotatable bonds is 0. The van der Waals surface area contributed by atoms with E-state index in [0.717, 1.165) is 6.07 Å². The van der Waals surface area contributed by atoms with Crippen molar-refractivity contribution in [3.05, 3.63) is 30.0 Å². The summed E-state index contributed by atoms with van der Waals surface area (Å²) in [5, 5.41) is 9.70. The van der Waals surface area contributed by atoms with Crippen molar-refractivity contribution in [2.45, 2.75) is 6.18 Å². The molecule has 0 aliphatic heterocycles. The average molecular weight is 228 g/mol. The molecule has 0 bridgehead atoms. The molecule has 1 aromatic carbocycles. The molecule has 0 aliphatic carbocycles. The summed E-state index contributed by atoms with van der Waals surface area (Å²) < 4.78 is 37.1. The van der Waals surface area contributed by atoms with E-state index in [2.05, 4.69) is 4.98 Å². The largest absolute Gasteiger partial charge is 0.506 e. The summed E-state index contributed by atoms with van der Waals surface area (Å²) in [5.74, 6) is -0.324. The topological polar surface area (TPSA) is 59.1 Å². The van der Waals surface area contributed by atoms with Gasteiger partial charge < -0.3 is 10.8 Å². The van der Waals surface area contributed by atoms with E-state index in [1.54, 1.807) is 0 Å². The number of anilines is 1. The maximum atomic E-state index is 12.4. The fourth-order valence-corrected chi connectivity index (χ4v) is 1.38. The highest BCUT2D eigenvalue weighted by atomic mass is 19.4. The van der Waals surface area contributed by atoms with Crippen molar-refractivity contribution in [2.75, 3.05) is 5.73 Å². The summed E-state index contributed by atoms with van der Waals surface area (Å²) in [5.41, 5.74) is 4.63. The van der Waals surface area contributed by atoms with Crippen molar-refractivity contribution in [3.8, 4) is 5.75 Å². The van der Waals surface area contributed by atoms with Crippen LogP contribution in [0.3, 0.4) is 0 Å². The molecule has 0 atom stereocenters. The lowest BCUT2D eigenvalue weighted by atomic mass is 10.1. The van der Waals surface area contributed by atoms with Gasteiger partial charge in [0.05, 0.1) is 0 Å². The van der Waals surface area contributed by atoms with Crippen molar-refractivity contribution in [2.24, 2.45) is 0 Å². The normalized spacial score (nSPS) is 11.9. The molecule has 16 heavy (non-hydrogen) atoms. The van der Waals surface area contributed by atoms with E-state index in [9.17, 15) is 18.3 Å². The van der Waals surface area contributed by atoms with Crippen LogP contribution >= 0.6 is 0 Å². The zero-order valence-electron chi connectivity index (χ0n) is 7.92. The summed E-state index contributed by atoms with van der Waals surface area (Å²) in [7, 11) is 0. The predicted molar refractivity (Wildman–Crippen MR) is 52.8 cm³/mol. The number of alkyl halides is 3. The van der Waals surface area contributed by atoms with Crippen LogP contribution < -0.4 is 5.73 Å². The molecule has 0 saturated carbocycles. The van der Waals surface area contributed by atoms with Crippen LogP contribution in [-0.2, 0) is 6.18 Å². The maximum Gasteiger partial charge on any atom is 0.433 e. The van der Waals surface area contributed by atoms with Crippen molar-refractivity contribution in [1.82, 2.24) is 4.98 Å². The Morgan fingerprint density at radius 1 is 1.12 bits per heavy atom. The second-order valence-corrected chi connectivity index (χ2v) is 3.26. The molecule has 0 amide bonds. The van der Waals surface area contributed by atoms with Gasteiger partial charge in [-0.1, -0.05) is 0 Å². The van der Waals surface area contributed by atoms with Crippen molar-refractivity contribution in [3.63, 3.8) is 0 Å². The third kappa shape index (κ3) is 1.62. The first-order valence-electron chi connectivity index (χ1n) is 4.35. The predicted octanol–water partition coefficient (Wildman–Crippen LogP) is 2.54. The van der Waals surface area contributed by atoms with Gasteiger partial charge in [-0.25, -0.2) is 4.98 Å². The first-order chi connectivity index (χ1) is 7.39. The van der Waals surface area contributed by atoms with Crippen LogP contribution in [0, 0.1) is 0 Å². The molecular weight excluding hydrogens is 221 g/mol. The fourth-order valence-electron chi connectivity index (χ4n) is 1.38. The molecular formula is C10H7F3N2O. The summed E-state index contributed by atoms with van der Waals surface area (Å²) in [4.78, 5) is 3.35. The Bertz CT molecular complexity index is 551. The quantitative estimate of drug-likeness (QED) is 0.538. The van der Waals surface area contributed by atoms with E-state index in [1.165, 1.54) is 18.2 Å². The highest BCUT2D eigenvalue weighted by molar-refractivity contribution is 5.94. The van der Waals surface area contributed by atoms with Crippen LogP contribution in [0.1, 0.15) is 5.69 Å². The van der Waals surface area contributed by atoms with E-state index < -0.39 is 11.9 Å². The number of hydrogen-bond acceptors (Lipinski definition) is 3. The number of halogens is 3. The molecule has 0 spiro atoms. The van der Waals surface area contributed by atoms with Gasteiger partial charge in [0, 0.05) is 11.1 Å². The van der Waals surface area contributed by atoms with Crippen LogP contribution in [-0.4, -0.2) is 10.1 Å². The Kier molecular flexibility index (Phi) is 2.15. The standard InChI is InChI=1S/C10H7F3N2O/c11-10(12,13)8-4-1-5-6(14)2-3-7(16)9(5)15-8/h1-4,16H,14H2. The van der Waals surface area contributed by atoms with E-state index in [0.29, 0.717) is 5.39 Å². The molecule has 3 nitrogen and oxygen atoms in total. The zero-order chi connectivity index (χ0) is 11.9. The molecule has 3 N–H and O–H groups in total. The van der Waals surface area contributed by atoms with Gasteiger partial charge in [-0.3, -0.25) is 0 Å². The van der Waals surface area contributed by atoms with Crippen molar-refractivity contribution < 1.29 is 18.3 Å². The molecule has 6 heteroatoms. The molecule has 1 heterocycles. The second kappa shape index (κ2) is 3.26. The number of nitrogens with two attached hydrogens (primary N) is 1.